The van der Waals surface area contributed by atoms with Crippen LogP contribution in [0.15, 0.2) is 22.8 Å². The van der Waals surface area contributed by atoms with Gasteiger partial charge < -0.3 is 9.73 Å². The molecule has 1 aliphatic carbocycles. The molecule has 1 heterocycles. The van der Waals surface area contributed by atoms with Crippen LogP contribution >= 0.6 is 0 Å². The normalized spacial score (nSPS) is 21.1. The van der Waals surface area contributed by atoms with Crippen molar-refractivity contribution >= 4 is 0 Å². The fourth-order valence-electron chi connectivity index (χ4n) is 2.80. The van der Waals surface area contributed by atoms with Crippen molar-refractivity contribution in [2.45, 2.75) is 58.0 Å². The van der Waals surface area contributed by atoms with Crippen LogP contribution in [0.4, 0.5) is 0 Å². The van der Waals surface area contributed by atoms with Gasteiger partial charge in [0.15, 0.2) is 0 Å². The van der Waals surface area contributed by atoms with Crippen LogP contribution in [-0.4, -0.2) is 6.04 Å². The molecule has 2 unspecified atom stereocenters. The van der Waals surface area contributed by atoms with Crippen molar-refractivity contribution in [3.8, 4) is 0 Å². The Hall–Kier alpha value is -0.760. The second-order valence-corrected chi connectivity index (χ2v) is 4.98. The van der Waals surface area contributed by atoms with Crippen LogP contribution in [0.3, 0.4) is 0 Å². The second kappa shape index (κ2) is 5.53. The maximum atomic E-state index is 5.49. The standard InChI is InChI=1S/C14H23NO/c1-3-13(14-9-6-10-16-14)15-11(2)12-7-4-5-8-12/h6,9-13,15H,3-5,7-8H2,1-2H3. The van der Waals surface area contributed by atoms with Gasteiger partial charge in [-0.3, -0.25) is 0 Å². The molecule has 1 N–H and O–H groups in total. The Morgan fingerprint density at radius 1 is 1.44 bits per heavy atom. The van der Waals surface area contributed by atoms with Gasteiger partial charge >= 0.3 is 0 Å². The third-order valence-corrected chi connectivity index (χ3v) is 3.87. The lowest BCUT2D eigenvalue weighted by molar-refractivity contribution is 0.311. The monoisotopic (exact) mass is 221 g/mol. The van der Waals surface area contributed by atoms with E-state index in [0.717, 1.165) is 18.1 Å². The van der Waals surface area contributed by atoms with Gasteiger partial charge in [-0.1, -0.05) is 19.8 Å². The van der Waals surface area contributed by atoms with E-state index < -0.39 is 0 Å². The van der Waals surface area contributed by atoms with Gasteiger partial charge in [0.05, 0.1) is 12.3 Å². The molecule has 0 radical (unpaired) electrons. The predicted octanol–water partition coefficient (Wildman–Crippen LogP) is 3.90. The van der Waals surface area contributed by atoms with Crippen LogP contribution < -0.4 is 5.32 Å². The molecule has 0 aliphatic heterocycles. The minimum atomic E-state index is 0.380. The van der Waals surface area contributed by atoms with E-state index in [4.69, 9.17) is 4.42 Å². The van der Waals surface area contributed by atoms with Crippen molar-refractivity contribution < 1.29 is 4.42 Å². The highest BCUT2D eigenvalue weighted by atomic mass is 16.3. The summed E-state index contributed by atoms with van der Waals surface area (Å²) in [4.78, 5) is 0. The van der Waals surface area contributed by atoms with Crippen LogP contribution in [-0.2, 0) is 0 Å². The van der Waals surface area contributed by atoms with Crippen LogP contribution in [0.25, 0.3) is 0 Å². The molecule has 2 heteroatoms. The van der Waals surface area contributed by atoms with Crippen LogP contribution in [0.2, 0.25) is 0 Å². The minimum Gasteiger partial charge on any atom is -0.468 e. The summed E-state index contributed by atoms with van der Waals surface area (Å²) in [5.41, 5.74) is 0. The third kappa shape index (κ3) is 2.67. The summed E-state index contributed by atoms with van der Waals surface area (Å²) in [6.45, 7) is 4.53. The molecule has 1 saturated carbocycles. The topological polar surface area (TPSA) is 25.2 Å². The van der Waals surface area contributed by atoms with Crippen molar-refractivity contribution in [3.05, 3.63) is 24.2 Å². The highest BCUT2D eigenvalue weighted by Gasteiger charge is 2.24. The fourth-order valence-corrected chi connectivity index (χ4v) is 2.80. The minimum absolute atomic E-state index is 0.380. The molecule has 0 bridgehead atoms. The van der Waals surface area contributed by atoms with Crippen molar-refractivity contribution in [2.75, 3.05) is 0 Å². The van der Waals surface area contributed by atoms with E-state index in [1.165, 1.54) is 25.7 Å². The Morgan fingerprint density at radius 3 is 2.75 bits per heavy atom. The molecule has 16 heavy (non-hydrogen) atoms. The van der Waals surface area contributed by atoms with Crippen LogP contribution in [0.1, 0.15) is 57.8 Å². The molecule has 1 fully saturated rings. The van der Waals surface area contributed by atoms with E-state index in [-0.39, 0.29) is 0 Å². The summed E-state index contributed by atoms with van der Waals surface area (Å²) in [7, 11) is 0. The van der Waals surface area contributed by atoms with Gasteiger partial charge in [0, 0.05) is 6.04 Å². The highest BCUT2D eigenvalue weighted by Crippen LogP contribution is 2.29. The van der Waals surface area contributed by atoms with Gasteiger partial charge in [0.25, 0.3) is 0 Å². The number of nitrogens with one attached hydrogen (secondary N) is 1. The Kier molecular flexibility index (Phi) is 4.05. The molecule has 1 aromatic rings. The lowest BCUT2D eigenvalue weighted by Gasteiger charge is -2.25. The first-order chi connectivity index (χ1) is 7.81. The van der Waals surface area contributed by atoms with Gasteiger partial charge in [-0.2, -0.15) is 0 Å². The van der Waals surface area contributed by atoms with E-state index in [1.807, 2.05) is 6.07 Å². The van der Waals surface area contributed by atoms with Crippen molar-refractivity contribution in [2.24, 2.45) is 5.92 Å². The molecule has 2 nitrogen and oxygen atoms in total. The maximum Gasteiger partial charge on any atom is 0.120 e. The molecular weight excluding hydrogens is 198 g/mol. The molecule has 2 rings (SSSR count). The summed E-state index contributed by atoms with van der Waals surface area (Å²) >= 11 is 0. The molecule has 1 aliphatic rings. The summed E-state index contributed by atoms with van der Waals surface area (Å²) in [6.07, 6.45) is 8.46. The average Bonchev–Trinajstić information content (AvgIpc) is 2.96. The maximum absolute atomic E-state index is 5.49. The molecule has 0 amide bonds. The molecule has 2 atom stereocenters. The largest absolute Gasteiger partial charge is 0.468 e. The first-order valence-corrected chi connectivity index (χ1v) is 6.60. The van der Waals surface area contributed by atoms with Crippen LogP contribution in [0.5, 0.6) is 0 Å². The van der Waals surface area contributed by atoms with Gasteiger partial charge in [0.2, 0.25) is 0 Å². The van der Waals surface area contributed by atoms with E-state index in [2.05, 4.69) is 25.2 Å². The lowest BCUT2D eigenvalue weighted by Crippen LogP contribution is -2.35. The molecule has 0 spiro atoms. The van der Waals surface area contributed by atoms with Gasteiger partial charge in [-0.15, -0.1) is 0 Å². The van der Waals surface area contributed by atoms with Gasteiger partial charge in [-0.05, 0) is 44.2 Å². The molecule has 90 valence electrons. The third-order valence-electron chi connectivity index (χ3n) is 3.87. The highest BCUT2D eigenvalue weighted by molar-refractivity contribution is 5.04. The summed E-state index contributed by atoms with van der Waals surface area (Å²) < 4.78 is 5.49. The van der Waals surface area contributed by atoms with Crippen molar-refractivity contribution in [1.82, 2.24) is 5.32 Å². The number of rotatable bonds is 5. The molecule has 1 aromatic heterocycles. The summed E-state index contributed by atoms with van der Waals surface area (Å²) in [6, 6.07) is 5.03. The lowest BCUT2D eigenvalue weighted by atomic mass is 9.98. The average molecular weight is 221 g/mol. The van der Waals surface area contributed by atoms with E-state index in [1.54, 1.807) is 6.26 Å². The van der Waals surface area contributed by atoms with Gasteiger partial charge in [-0.25, -0.2) is 0 Å². The van der Waals surface area contributed by atoms with E-state index in [0.29, 0.717) is 12.1 Å². The van der Waals surface area contributed by atoms with Crippen molar-refractivity contribution in [1.29, 1.82) is 0 Å². The Morgan fingerprint density at radius 2 is 2.19 bits per heavy atom. The predicted molar refractivity (Wildman–Crippen MR) is 66.3 cm³/mol. The number of hydrogen-bond donors (Lipinski definition) is 1. The quantitative estimate of drug-likeness (QED) is 0.815. The van der Waals surface area contributed by atoms with Crippen LogP contribution in [0, 0.1) is 5.92 Å². The van der Waals surface area contributed by atoms with Gasteiger partial charge in [0.1, 0.15) is 5.76 Å². The molecule has 0 saturated heterocycles. The first-order valence-electron chi connectivity index (χ1n) is 6.60. The molecular formula is C14H23NO. The first kappa shape index (κ1) is 11.7. The zero-order chi connectivity index (χ0) is 11.4. The Bertz CT molecular complexity index is 288. The zero-order valence-corrected chi connectivity index (χ0v) is 10.4. The van der Waals surface area contributed by atoms with E-state index in [9.17, 15) is 0 Å². The second-order valence-electron chi connectivity index (χ2n) is 4.98. The zero-order valence-electron chi connectivity index (χ0n) is 10.4. The Balaban J connectivity index is 1.91. The SMILES string of the molecule is CCC(NC(C)C1CCCC1)c1ccco1. The number of hydrogen-bond acceptors (Lipinski definition) is 2. The summed E-state index contributed by atoms with van der Waals surface area (Å²) in [5, 5.41) is 3.72. The fraction of sp³-hybridized carbons (Fsp3) is 0.714. The molecule has 0 aromatic carbocycles. The summed E-state index contributed by atoms with van der Waals surface area (Å²) in [5.74, 6) is 1.94. The Labute approximate surface area is 98.4 Å². The number of furan rings is 1. The van der Waals surface area contributed by atoms with E-state index >= 15 is 0 Å². The van der Waals surface area contributed by atoms with Crippen molar-refractivity contribution in [3.63, 3.8) is 0 Å². The smallest absolute Gasteiger partial charge is 0.120 e.